The van der Waals surface area contributed by atoms with Crippen molar-refractivity contribution in [2.45, 2.75) is 11.8 Å². The first-order valence-electron chi connectivity index (χ1n) is 6.90. The number of benzene rings is 2. The highest BCUT2D eigenvalue weighted by molar-refractivity contribution is 5.98. The number of ether oxygens (including phenoxy) is 1. The maximum absolute atomic E-state index is 13.7. The Balaban J connectivity index is 2.43. The van der Waals surface area contributed by atoms with E-state index in [1.165, 1.54) is 48.5 Å². The van der Waals surface area contributed by atoms with Gasteiger partial charge >= 0.3 is 6.18 Å². The van der Waals surface area contributed by atoms with Crippen molar-refractivity contribution in [1.29, 1.82) is 0 Å². The lowest BCUT2D eigenvalue weighted by molar-refractivity contribution is -0.263. The molecule has 0 bridgehead atoms. The smallest absolute Gasteiger partial charge is 0.356 e. The summed E-state index contributed by atoms with van der Waals surface area (Å²) in [5.74, 6) is 1.05. The van der Waals surface area contributed by atoms with Crippen LogP contribution in [-0.4, -0.2) is 19.2 Å². The molecule has 0 aliphatic heterocycles. The van der Waals surface area contributed by atoms with Crippen molar-refractivity contribution >= 4 is 11.6 Å². The van der Waals surface area contributed by atoms with Crippen LogP contribution in [0.4, 0.5) is 18.9 Å². The van der Waals surface area contributed by atoms with E-state index in [1.807, 2.05) is 0 Å². The Morgan fingerprint density at radius 3 is 2.12 bits per heavy atom. The number of carbonyl (C=O) groups excluding carboxylic acids is 1. The molecule has 6 heteroatoms. The molecule has 0 heterocycles. The highest BCUT2D eigenvalue weighted by Crippen LogP contribution is 2.42. The van der Waals surface area contributed by atoms with E-state index in [0.29, 0.717) is 5.56 Å². The van der Waals surface area contributed by atoms with Gasteiger partial charge in [-0.25, -0.2) is 0 Å². The van der Waals surface area contributed by atoms with Crippen LogP contribution in [0.15, 0.2) is 54.6 Å². The molecule has 0 saturated carbocycles. The topological polar surface area (TPSA) is 38.3 Å². The molecule has 1 N–H and O–H groups in total. The minimum atomic E-state index is -4.95. The predicted molar refractivity (Wildman–Crippen MR) is 84.2 cm³/mol. The summed E-state index contributed by atoms with van der Waals surface area (Å²) in [6.07, 6.45) is 0.266. The van der Waals surface area contributed by atoms with Crippen molar-refractivity contribution in [3.8, 4) is 12.3 Å². The number of hydrogen-bond acceptors (Lipinski definition) is 2. The quantitative estimate of drug-likeness (QED) is 0.866. The zero-order valence-electron chi connectivity index (χ0n) is 12.7. The summed E-state index contributed by atoms with van der Waals surface area (Å²) in [4.78, 5) is 12.5. The minimum absolute atomic E-state index is 0.181. The maximum Gasteiger partial charge on any atom is 0.430 e. The summed E-state index contributed by atoms with van der Waals surface area (Å²) in [6.45, 7) is 0. The van der Waals surface area contributed by atoms with Crippen molar-refractivity contribution in [3.63, 3.8) is 0 Å². The fourth-order valence-corrected chi connectivity index (χ4v) is 2.29. The average molecular weight is 333 g/mol. The summed E-state index contributed by atoms with van der Waals surface area (Å²) in [5, 5.41) is 2.24. The lowest BCUT2D eigenvalue weighted by Gasteiger charge is -2.33. The van der Waals surface area contributed by atoms with Gasteiger partial charge in [0.1, 0.15) is 0 Å². The Morgan fingerprint density at radius 1 is 1.08 bits per heavy atom. The van der Waals surface area contributed by atoms with Gasteiger partial charge in [-0.15, -0.1) is 6.42 Å². The second-order valence-electron chi connectivity index (χ2n) is 4.92. The van der Waals surface area contributed by atoms with Gasteiger partial charge in [0.25, 0.3) is 11.5 Å². The minimum Gasteiger partial charge on any atom is -0.356 e. The Bertz CT molecular complexity index is 749. The largest absolute Gasteiger partial charge is 0.430 e. The van der Waals surface area contributed by atoms with Gasteiger partial charge in [-0.05, 0) is 24.3 Å². The summed E-state index contributed by atoms with van der Waals surface area (Å²) in [6, 6.07) is 12.6. The molecule has 0 spiro atoms. The molecule has 0 aliphatic rings. The molecule has 2 rings (SSSR count). The van der Waals surface area contributed by atoms with Crippen LogP contribution in [-0.2, 0) is 15.1 Å². The van der Waals surface area contributed by atoms with Crippen LogP contribution in [0.25, 0.3) is 0 Å². The number of halogens is 3. The molecule has 2 aromatic rings. The second-order valence-corrected chi connectivity index (χ2v) is 4.92. The molecule has 1 amide bonds. The molecule has 0 radical (unpaired) electrons. The third kappa shape index (κ3) is 3.12. The van der Waals surface area contributed by atoms with Crippen LogP contribution < -0.4 is 5.32 Å². The van der Waals surface area contributed by atoms with Crippen molar-refractivity contribution < 1.29 is 22.7 Å². The summed E-state index contributed by atoms with van der Waals surface area (Å²) >= 11 is 0. The fourth-order valence-electron chi connectivity index (χ4n) is 2.29. The summed E-state index contributed by atoms with van der Waals surface area (Å²) in [7, 11) is 0.849. The maximum atomic E-state index is 13.7. The van der Waals surface area contributed by atoms with Crippen LogP contribution in [0.5, 0.6) is 0 Å². The number of alkyl halides is 3. The van der Waals surface area contributed by atoms with Crippen molar-refractivity contribution in [1.82, 2.24) is 0 Å². The molecule has 3 nitrogen and oxygen atoms in total. The van der Waals surface area contributed by atoms with E-state index >= 15 is 0 Å². The van der Waals surface area contributed by atoms with E-state index in [1.54, 1.807) is 6.07 Å². The van der Waals surface area contributed by atoms with Gasteiger partial charge in [-0.2, -0.15) is 13.2 Å². The van der Waals surface area contributed by atoms with E-state index in [9.17, 15) is 18.0 Å². The Labute approximate surface area is 137 Å². The number of terminal acetylenes is 1. The molecule has 24 heavy (non-hydrogen) atoms. The molecule has 0 saturated heterocycles. The predicted octanol–water partition coefficient (Wildman–Crippen LogP) is 3.71. The van der Waals surface area contributed by atoms with E-state index in [4.69, 9.17) is 11.2 Å². The lowest BCUT2D eigenvalue weighted by atomic mass is 9.91. The van der Waals surface area contributed by atoms with Gasteiger partial charge in [0, 0.05) is 23.9 Å². The Morgan fingerprint density at radius 2 is 1.67 bits per heavy atom. The molecule has 1 atom stereocenters. The zero-order valence-corrected chi connectivity index (χ0v) is 12.7. The van der Waals surface area contributed by atoms with Crippen molar-refractivity contribution in [3.05, 3.63) is 65.7 Å². The van der Waals surface area contributed by atoms with Crippen LogP contribution in [0.3, 0.4) is 0 Å². The van der Waals surface area contributed by atoms with E-state index < -0.39 is 17.7 Å². The van der Waals surface area contributed by atoms with E-state index in [-0.39, 0.29) is 11.3 Å². The highest BCUT2D eigenvalue weighted by Gasteiger charge is 2.62. The second kappa shape index (κ2) is 6.77. The van der Waals surface area contributed by atoms with Gasteiger partial charge < -0.3 is 10.1 Å². The number of anilines is 1. The van der Waals surface area contributed by atoms with Gasteiger partial charge in [0.2, 0.25) is 0 Å². The fraction of sp³-hybridized carbons (Fsp3) is 0.167. The first-order valence-corrected chi connectivity index (χ1v) is 6.90. The summed E-state index contributed by atoms with van der Waals surface area (Å²) in [5.41, 5.74) is -2.69. The van der Waals surface area contributed by atoms with E-state index in [0.717, 1.165) is 7.11 Å². The molecule has 0 aliphatic carbocycles. The molecule has 0 aromatic heterocycles. The van der Waals surface area contributed by atoms with Gasteiger partial charge in [-0.1, -0.05) is 36.3 Å². The first kappa shape index (κ1) is 17.6. The SMILES string of the molecule is C#Cc1ccc(NC(=O)[C@](OC)(c2ccccc2)C(F)(F)F)cc1. The van der Waals surface area contributed by atoms with Gasteiger partial charge in [0.15, 0.2) is 0 Å². The van der Waals surface area contributed by atoms with Crippen molar-refractivity contribution in [2.24, 2.45) is 0 Å². The number of rotatable bonds is 4. The molecular formula is C18H14F3NO2. The first-order chi connectivity index (χ1) is 11.3. The molecule has 2 aromatic carbocycles. The highest BCUT2D eigenvalue weighted by atomic mass is 19.4. The Kier molecular flexibility index (Phi) is 4.96. The number of nitrogens with one attached hydrogen (secondary N) is 1. The third-order valence-corrected chi connectivity index (χ3v) is 3.51. The monoisotopic (exact) mass is 333 g/mol. The van der Waals surface area contributed by atoms with Crippen molar-refractivity contribution in [2.75, 3.05) is 12.4 Å². The third-order valence-electron chi connectivity index (χ3n) is 3.51. The molecular weight excluding hydrogens is 319 g/mol. The van der Waals surface area contributed by atoms with Gasteiger partial charge in [0.05, 0.1) is 0 Å². The van der Waals surface area contributed by atoms with E-state index in [2.05, 4.69) is 11.2 Å². The Hall–Kier alpha value is -2.78. The average Bonchev–Trinajstić information content (AvgIpc) is 2.56. The van der Waals surface area contributed by atoms with Gasteiger partial charge in [-0.3, -0.25) is 4.79 Å². The zero-order chi connectivity index (χ0) is 17.8. The number of methoxy groups -OCH3 is 1. The van der Waals surface area contributed by atoms with Crippen LogP contribution in [0, 0.1) is 12.3 Å². The summed E-state index contributed by atoms with van der Waals surface area (Å²) < 4.78 is 45.9. The number of carbonyl (C=O) groups is 1. The van der Waals surface area contributed by atoms with Crippen LogP contribution in [0.1, 0.15) is 11.1 Å². The molecule has 0 fully saturated rings. The molecule has 124 valence electrons. The number of amides is 1. The van der Waals surface area contributed by atoms with Crippen LogP contribution >= 0.6 is 0 Å². The standard InChI is InChI=1S/C18H14F3NO2/c1-3-13-9-11-15(12-10-13)22-16(23)17(24-2,18(19,20)21)14-7-5-4-6-8-14/h1,4-12H,2H3,(H,22,23)/t17-/m1/s1. The number of hydrogen-bond donors (Lipinski definition) is 1. The molecule has 0 unspecified atom stereocenters. The normalized spacial score (nSPS) is 13.6. The lowest BCUT2D eigenvalue weighted by Crippen LogP contribution is -2.53. The van der Waals surface area contributed by atoms with Crippen LogP contribution in [0.2, 0.25) is 0 Å².